The van der Waals surface area contributed by atoms with Gasteiger partial charge in [-0.25, -0.2) is 4.39 Å². The summed E-state index contributed by atoms with van der Waals surface area (Å²) in [6.07, 6.45) is -6.24. The highest BCUT2D eigenvalue weighted by atomic mass is 35.5. The van der Waals surface area contributed by atoms with Crippen molar-refractivity contribution in [3.8, 4) is 11.8 Å². The maximum atomic E-state index is 14.9. The van der Waals surface area contributed by atoms with Crippen molar-refractivity contribution in [2.75, 3.05) is 22.9 Å². The lowest BCUT2D eigenvalue weighted by molar-refractivity contribution is -0.137. The van der Waals surface area contributed by atoms with E-state index in [2.05, 4.69) is 5.32 Å². The van der Waals surface area contributed by atoms with E-state index in [1.807, 2.05) is 0 Å². The molecule has 0 aliphatic carbocycles. The van der Waals surface area contributed by atoms with Crippen LogP contribution < -0.4 is 19.9 Å². The minimum Gasteiger partial charge on any atom is -0.483 e. The molecule has 2 aromatic rings. The summed E-state index contributed by atoms with van der Waals surface area (Å²) in [4.78, 5) is 15.5. The molecule has 2 heterocycles. The summed E-state index contributed by atoms with van der Waals surface area (Å²) in [7, 11) is 0. The molecule has 36 heavy (non-hydrogen) atoms. The Bertz CT molecular complexity index is 1250. The first-order valence-corrected chi connectivity index (χ1v) is 10.9. The summed E-state index contributed by atoms with van der Waals surface area (Å²) in [5.74, 6) is -1.49. The van der Waals surface area contributed by atoms with Crippen LogP contribution in [0.2, 0.25) is 0 Å². The van der Waals surface area contributed by atoms with Crippen LogP contribution in [-0.2, 0) is 11.0 Å². The predicted octanol–water partition coefficient (Wildman–Crippen LogP) is 3.77. The van der Waals surface area contributed by atoms with Crippen LogP contribution in [0.1, 0.15) is 25.0 Å². The fourth-order valence-electron chi connectivity index (χ4n) is 4.11. The Labute approximate surface area is 215 Å². The third-order valence-corrected chi connectivity index (χ3v) is 6.30. The maximum Gasteiger partial charge on any atom is 0.417 e. The first-order chi connectivity index (χ1) is 16.4. The number of hydrogen-bond acceptors (Lipinski definition) is 6. The van der Waals surface area contributed by atoms with Crippen molar-refractivity contribution in [2.45, 2.75) is 37.8 Å². The molecule has 192 valence electrons. The summed E-state index contributed by atoms with van der Waals surface area (Å²) in [6.45, 7) is 3.70. The smallest absolute Gasteiger partial charge is 0.417 e. The van der Waals surface area contributed by atoms with Crippen LogP contribution in [0.4, 0.5) is 28.9 Å². The fraction of sp³-hybridized carbons (Fsp3) is 0.348. The van der Waals surface area contributed by atoms with Crippen molar-refractivity contribution in [1.82, 2.24) is 5.32 Å². The molecule has 0 bridgehead atoms. The first-order valence-electron chi connectivity index (χ1n) is 10.5. The second-order valence-corrected chi connectivity index (χ2v) is 9.02. The van der Waals surface area contributed by atoms with E-state index >= 15 is 0 Å². The number of aliphatic hydroxyl groups excluding tert-OH is 1. The Morgan fingerprint density at radius 3 is 2.42 bits per heavy atom. The van der Waals surface area contributed by atoms with Gasteiger partial charge in [0.15, 0.2) is 16.7 Å². The molecule has 2 aliphatic rings. The highest BCUT2D eigenvalue weighted by molar-refractivity contribution is 7.81. The van der Waals surface area contributed by atoms with Crippen molar-refractivity contribution >= 4 is 47.0 Å². The van der Waals surface area contributed by atoms with Gasteiger partial charge in [-0.3, -0.25) is 9.69 Å². The monoisotopic (exact) mass is 544 g/mol. The molecular formula is C23H21ClF4N4O3S. The van der Waals surface area contributed by atoms with Crippen LogP contribution >= 0.6 is 24.6 Å². The van der Waals surface area contributed by atoms with Crippen LogP contribution in [0.3, 0.4) is 0 Å². The van der Waals surface area contributed by atoms with E-state index in [1.165, 1.54) is 43.0 Å². The largest absolute Gasteiger partial charge is 0.483 e. The van der Waals surface area contributed by atoms with Crippen LogP contribution in [-0.4, -0.2) is 47.0 Å². The fourth-order valence-corrected chi connectivity index (χ4v) is 4.63. The van der Waals surface area contributed by atoms with Gasteiger partial charge in [0.25, 0.3) is 5.91 Å². The number of ether oxygens (including phenoxy) is 1. The summed E-state index contributed by atoms with van der Waals surface area (Å²) < 4.78 is 60.9. The topological polar surface area (TPSA) is 88.8 Å². The molecule has 4 rings (SSSR count). The lowest BCUT2D eigenvalue weighted by Gasteiger charge is -2.29. The van der Waals surface area contributed by atoms with Gasteiger partial charge in [0.05, 0.1) is 22.9 Å². The van der Waals surface area contributed by atoms with Gasteiger partial charge in [0, 0.05) is 24.8 Å². The lowest BCUT2D eigenvalue weighted by Crippen LogP contribution is -2.44. The number of halogens is 5. The Morgan fingerprint density at radius 1 is 1.19 bits per heavy atom. The maximum absolute atomic E-state index is 14.9. The van der Waals surface area contributed by atoms with Crippen molar-refractivity contribution in [3.63, 3.8) is 0 Å². The van der Waals surface area contributed by atoms with Crippen LogP contribution in [0.25, 0.3) is 0 Å². The number of β-amino-alcohol motifs (C(OH)–C–C–N with tert-alkyl or cyclic N) is 1. The number of rotatable bonds is 4. The molecule has 1 amide bonds. The number of hydrogen-bond donors (Lipinski definition) is 2. The van der Waals surface area contributed by atoms with Crippen molar-refractivity contribution in [1.29, 1.82) is 5.26 Å². The van der Waals surface area contributed by atoms with Crippen LogP contribution in [0, 0.1) is 17.1 Å². The van der Waals surface area contributed by atoms with E-state index in [0.717, 1.165) is 17.0 Å². The van der Waals surface area contributed by atoms with E-state index in [1.54, 1.807) is 0 Å². The zero-order valence-electron chi connectivity index (χ0n) is 19.0. The van der Waals surface area contributed by atoms with Crippen molar-refractivity contribution in [3.05, 3.63) is 53.3 Å². The second-order valence-electron chi connectivity index (χ2n) is 8.65. The number of carbonyl (C=O) groups excluding carboxylic acids is 1. The zero-order valence-corrected chi connectivity index (χ0v) is 20.6. The van der Waals surface area contributed by atoms with E-state index in [9.17, 15) is 27.5 Å². The number of thiocarbonyl (C=S) groups is 1. The summed E-state index contributed by atoms with van der Waals surface area (Å²) in [5, 5.41) is 21.7. The Hall–Kier alpha value is -2.98. The van der Waals surface area contributed by atoms with Gasteiger partial charge in [-0.2, -0.15) is 18.4 Å². The molecule has 2 aromatic carbocycles. The van der Waals surface area contributed by atoms with Gasteiger partial charge in [0.2, 0.25) is 0 Å². The third kappa shape index (κ3) is 4.71. The van der Waals surface area contributed by atoms with Crippen LogP contribution in [0.5, 0.6) is 5.75 Å². The van der Waals surface area contributed by atoms with Gasteiger partial charge in [-0.05, 0) is 56.4 Å². The number of alkyl halides is 3. The van der Waals surface area contributed by atoms with Gasteiger partial charge >= 0.3 is 6.18 Å². The van der Waals surface area contributed by atoms with Gasteiger partial charge in [0.1, 0.15) is 17.7 Å². The molecule has 2 saturated heterocycles. The molecule has 2 unspecified atom stereocenters. The molecule has 2 N–H and O–H groups in total. The molecule has 2 fully saturated rings. The lowest BCUT2D eigenvalue weighted by atomic mass is 10.0. The summed E-state index contributed by atoms with van der Waals surface area (Å²) in [6, 6.07) is 8.28. The van der Waals surface area contributed by atoms with E-state index < -0.39 is 46.8 Å². The summed E-state index contributed by atoms with van der Waals surface area (Å²) in [5.41, 5.74) is -3.11. The Kier molecular flexibility index (Phi) is 7.53. The van der Waals surface area contributed by atoms with Gasteiger partial charge in [-0.15, -0.1) is 12.4 Å². The number of benzene rings is 2. The number of carbonyl (C=O) groups is 1. The highest BCUT2D eigenvalue weighted by Crippen LogP contribution is 2.40. The van der Waals surface area contributed by atoms with Crippen molar-refractivity contribution in [2.24, 2.45) is 0 Å². The van der Waals surface area contributed by atoms with E-state index in [-0.39, 0.29) is 34.6 Å². The number of aliphatic hydroxyl groups is 1. The quantitative estimate of drug-likeness (QED) is 0.447. The number of nitriles is 1. The average Bonchev–Trinajstić information content (AvgIpc) is 3.26. The molecule has 0 saturated carbocycles. The molecule has 2 atom stereocenters. The normalized spacial score (nSPS) is 21.4. The number of nitrogens with one attached hydrogen (secondary N) is 1. The Morgan fingerprint density at radius 2 is 1.86 bits per heavy atom. The standard InChI is InChI=1S/C23H20F4N4O3S.ClH/c1-22(2)20(33)30(13-4-3-12(9-28)15(7-13)23(25,26)27)21(35)31(22)14-5-6-18(16(24)8-14)34-19-11-29-10-17(19)32;/h3-8,17,19,29,32H,10-11H2,1-2H3;1H. The minimum atomic E-state index is -4.82. The second kappa shape index (κ2) is 9.82. The summed E-state index contributed by atoms with van der Waals surface area (Å²) >= 11 is 5.45. The number of amides is 1. The SMILES string of the molecule is CC1(C)C(=O)N(c2ccc(C#N)c(C(F)(F)F)c2)C(=S)N1c1ccc(OC2CNCC2O)c(F)c1.Cl. The molecule has 2 aliphatic heterocycles. The minimum absolute atomic E-state index is 0. The van der Waals surface area contributed by atoms with Gasteiger partial charge in [-0.1, -0.05) is 0 Å². The molecule has 7 nitrogen and oxygen atoms in total. The first kappa shape index (κ1) is 27.6. The van der Waals surface area contributed by atoms with E-state index in [4.69, 9.17) is 22.2 Å². The average molecular weight is 545 g/mol. The Balaban J connectivity index is 0.00000361. The third-order valence-electron chi connectivity index (χ3n) is 5.94. The highest BCUT2D eigenvalue weighted by Gasteiger charge is 2.51. The molecular weight excluding hydrogens is 524 g/mol. The number of anilines is 2. The molecule has 0 radical (unpaired) electrons. The molecule has 0 aromatic heterocycles. The molecule has 13 heteroatoms. The predicted molar refractivity (Wildman–Crippen MR) is 130 cm³/mol. The van der Waals surface area contributed by atoms with Crippen LogP contribution in [0.15, 0.2) is 36.4 Å². The molecule has 0 spiro atoms. The van der Waals surface area contributed by atoms with E-state index in [0.29, 0.717) is 19.2 Å². The van der Waals surface area contributed by atoms with Crippen molar-refractivity contribution < 1.29 is 32.2 Å². The zero-order chi connectivity index (χ0) is 25.7. The number of nitrogens with zero attached hydrogens (tertiary/aromatic N) is 3. The van der Waals surface area contributed by atoms with Gasteiger partial charge < -0.3 is 20.1 Å².